The molecule has 0 radical (unpaired) electrons. The van der Waals surface area contributed by atoms with Crippen LogP contribution in [-0.2, 0) is 13.5 Å². The standard InChI is InChI=1S/C21H20N2O4/c1-3-6-15-7-4-10-18(11-15)27-20-14-22(2)13-19(21(20)24)16-8-5-9-17(12-16)23(25)26/h4-5,7-14H,3,6H2,1-2H3. The molecule has 3 aromatic rings. The summed E-state index contributed by atoms with van der Waals surface area (Å²) < 4.78 is 7.56. The zero-order chi connectivity index (χ0) is 19.4. The summed E-state index contributed by atoms with van der Waals surface area (Å²) in [6.07, 6.45) is 5.20. The quantitative estimate of drug-likeness (QED) is 0.469. The molecule has 0 spiro atoms. The smallest absolute Gasteiger partial charge is 0.270 e. The predicted molar refractivity (Wildman–Crippen MR) is 104 cm³/mol. The minimum atomic E-state index is -0.479. The third-order valence-electron chi connectivity index (χ3n) is 4.15. The second-order valence-electron chi connectivity index (χ2n) is 6.34. The van der Waals surface area contributed by atoms with Crippen molar-refractivity contribution in [2.45, 2.75) is 19.8 Å². The third-order valence-corrected chi connectivity index (χ3v) is 4.15. The highest BCUT2D eigenvalue weighted by Crippen LogP contribution is 2.25. The summed E-state index contributed by atoms with van der Waals surface area (Å²) >= 11 is 0. The highest BCUT2D eigenvalue weighted by atomic mass is 16.6. The first-order chi connectivity index (χ1) is 13.0. The molecule has 3 rings (SSSR count). The molecule has 0 saturated carbocycles. The number of benzene rings is 2. The number of nitro benzene ring substituents is 1. The van der Waals surface area contributed by atoms with E-state index in [-0.39, 0.29) is 16.9 Å². The summed E-state index contributed by atoms with van der Waals surface area (Å²) in [5.74, 6) is 0.768. The largest absolute Gasteiger partial charge is 0.452 e. The number of nitrogens with zero attached hydrogens (tertiary/aromatic N) is 2. The average Bonchev–Trinajstić information content (AvgIpc) is 2.65. The summed E-state index contributed by atoms with van der Waals surface area (Å²) in [5, 5.41) is 11.0. The second-order valence-corrected chi connectivity index (χ2v) is 6.34. The normalized spacial score (nSPS) is 10.6. The highest BCUT2D eigenvalue weighted by molar-refractivity contribution is 5.66. The van der Waals surface area contributed by atoms with Crippen molar-refractivity contribution in [3.05, 3.63) is 86.8 Å². The predicted octanol–water partition coefficient (Wildman–Crippen LogP) is 4.71. The summed E-state index contributed by atoms with van der Waals surface area (Å²) in [5.41, 5.74) is 1.60. The fourth-order valence-corrected chi connectivity index (χ4v) is 2.92. The maximum atomic E-state index is 12.9. The Hall–Kier alpha value is -3.41. The van der Waals surface area contributed by atoms with Gasteiger partial charge in [0, 0.05) is 30.9 Å². The Morgan fingerprint density at radius 2 is 1.89 bits per heavy atom. The summed E-state index contributed by atoms with van der Waals surface area (Å²) in [6, 6.07) is 13.7. The Labute approximate surface area is 156 Å². The first kappa shape index (κ1) is 18.4. The molecule has 0 aliphatic heterocycles. The Kier molecular flexibility index (Phi) is 5.35. The van der Waals surface area contributed by atoms with Crippen molar-refractivity contribution in [3.8, 4) is 22.6 Å². The molecule has 6 heteroatoms. The maximum absolute atomic E-state index is 12.9. The van der Waals surface area contributed by atoms with Crippen molar-refractivity contribution in [3.63, 3.8) is 0 Å². The Bertz CT molecular complexity index is 1040. The lowest BCUT2D eigenvalue weighted by Gasteiger charge is -2.11. The number of non-ortho nitro benzene ring substituents is 1. The van der Waals surface area contributed by atoms with Crippen LogP contribution in [-0.4, -0.2) is 9.49 Å². The molecule has 1 heterocycles. The zero-order valence-electron chi connectivity index (χ0n) is 15.2. The van der Waals surface area contributed by atoms with Crippen molar-refractivity contribution in [2.24, 2.45) is 7.05 Å². The molecule has 0 aliphatic carbocycles. The molecular weight excluding hydrogens is 344 g/mol. The monoisotopic (exact) mass is 364 g/mol. The number of ether oxygens (including phenoxy) is 1. The lowest BCUT2D eigenvalue weighted by molar-refractivity contribution is -0.384. The number of rotatable bonds is 6. The highest BCUT2D eigenvalue weighted by Gasteiger charge is 2.14. The van der Waals surface area contributed by atoms with E-state index >= 15 is 0 Å². The van der Waals surface area contributed by atoms with Crippen molar-refractivity contribution in [1.82, 2.24) is 4.57 Å². The molecule has 2 aromatic carbocycles. The van der Waals surface area contributed by atoms with Gasteiger partial charge in [0.25, 0.3) is 5.69 Å². The van der Waals surface area contributed by atoms with E-state index in [9.17, 15) is 14.9 Å². The lowest BCUT2D eigenvalue weighted by atomic mass is 10.1. The summed E-state index contributed by atoms with van der Waals surface area (Å²) in [6.45, 7) is 2.10. The van der Waals surface area contributed by atoms with Crippen molar-refractivity contribution >= 4 is 5.69 Å². The van der Waals surface area contributed by atoms with Gasteiger partial charge in [-0.1, -0.05) is 37.6 Å². The van der Waals surface area contributed by atoms with E-state index in [2.05, 4.69) is 6.92 Å². The fourth-order valence-electron chi connectivity index (χ4n) is 2.92. The number of aromatic nitrogens is 1. The molecule has 0 aliphatic rings. The van der Waals surface area contributed by atoms with Gasteiger partial charge in [0.1, 0.15) is 5.75 Å². The van der Waals surface area contributed by atoms with E-state index in [0.29, 0.717) is 16.9 Å². The van der Waals surface area contributed by atoms with E-state index < -0.39 is 4.92 Å². The molecule has 0 atom stereocenters. The summed E-state index contributed by atoms with van der Waals surface area (Å²) in [7, 11) is 1.78. The van der Waals surface area contributed by atoms with E-state index in [1.165, 1.54) is 12.1 Å². The van der Waals surface area contributed by atoms with E-state index in [1.54, 1.807) is 42.2 Å². The van der Waals surface area contributed by atoms with Gasteiger partial charge in [0.15, 0.2) is 5.75 Å². The Morgan fingerprint density at radius 3 is 2.63 bits per heavy atom. The van der Waals surface area contributed by atoms with Gasteiger partial charge in [0.05, 0.1) is 11.1 Å². The van der Waals surface area contributed by atoms with E-state index in [4.69, 9.17) is 4.74 Å². The van der Waals surface area contributed by atoms with Gasteiger partial charge in [-0.25, -0.2) is 0 Å². The van der Waals surface area contributed by atoms with Gasteiger partial charge in [-0.2, -0.15) is 0 Å². The van der Waals surface area contributed by atoms with Crippen molar-refractivity contribution in [1.29, 1.82) is 0 Å². The van der Waals surface area contributed by atoms with Crippen molar-refractivity contribution in [2.75, 3.05) is 0 Å². The van der Waals surface area contributed by atoms with Gasteiger partial charge >= 0.3 is 0 Å². The van der Waals surface area contributed by atoms with Crippen LogP contribution in [0.5, 0.6) is 11.5 Å². The average molecular weight is 364 g/mol. The van der Waals surface area contributed by atoms with Crippen LogP contribution in [0.15, 0.2) is 65.7 Å². The molecule has 0 amide bonds. The molecule has 138 valence electrons. The summed E-state index contributed by atoms with van der Waals surface area (Å²) in [4.78, 5) is 23.5. The third kappa shape index (κ3) is 4.23. The molecule has 6 nitrogen and oxygen atoms in total. The van der Waals surface area contributed by atoms with Crippen LogP contribution in [0.25, 0.3) is 11.1 Å². The van der Waals surface area contributed by atoms with Crippen LogP contribution < -0.4 is 10.2 Å². The lowest BCUT2D eigenvalue weighted by Crippen LogP contribution is -2.11. The number of hydrogen-bond donors (Lipinski definition) is 0. The first-order valence-electron chi connectivity index (χ1n) is 8.70. The molecule has 0 fully saturated rings. The van der Waals surface area contributed by atoms with Crippen LogP contribution in [0.1, 0.15) is 18.9 Å². The number of pyridine rings is 1. The SMILES string of the molecule is CCCc1cccc(Oc2cn(C)cc(-c3cccc([N+](=O)[O-])c3)c2=O)c1. The molecule has 0 unspecified atom stereocenters. The van der Waals surface area contributed by atoms with Gasteiger partial charge in [-0.15, -0.1) is 0 Å². The van der Waals surface area contributed by atoms with Gasteiger partial charge in [0.2, 0.25) is 5.43 Å². The van der Waals surface area contributed by atoms with Crippen molar-refractivity contribution < 1.29 is 9.66 Å². The molecule has 1 aromatic heterocycles. The molecule has 0 saturated heterocycles. The van der Waals surface area contributed by atoms with E-state index in [1.807, 2.05) is 18.2 Å². The number of hydrogen-bond acceptors (Lipinski definition) is 4. The first-order valence-corrected chi connectivity index (χ1v) is 8.70. The fraction of sp³-hybridized carbons (Fsp3) is 0.190. The zero-order valence-corrected chi connectivity index (χ0v) is 15.2. The van der Waals surface area contributed by atoms with Gasteiger partial charge in [-0.05, 0) is 29.7 Å². The van der Waals surface area contributed by atoms with Crippen LogP contribution in [0, 0.1) is 10.1 Å². The van der Waals surface area contributed by atoms with Crippen LogP contribution in [0.4, 0.5) is 5.69 Å². The molecular formula is C21H20N2O4. The Morgan fingerprint density at radius 1 is 1.11 bits per heavy atom. The van der Waals surface area contributed by atoms with Gasteiger partial charge < -0.3 is 9.30 Å². The Balaban J connectivity index is 2.01. The topological polar surface area (TPSA) is 74.4 Å². The van der Waals surface area contributed by atoms with Crippen LogP contribution in [0.2, 0.25) is 0 Å². The minimum absolute atomic E-state index is 0.0619. The number of nitro groups is 1. The number of aryl methyl sites for hydroxylation is 2. The molecule has 0 N–H and O–H groups in total. The molecule has 0 bridgehead atoms. The van der Waals surface area contributed by atoms with E-state index in [0.717, 1.165) is 18.4 Å². The molecule has 27 heavy (non-hydrogen) atoms. The maximum Gasteiger partial charge on any atom is 0.270 e. The van der Waals surface area contributed by atoms with Crippen LogP contribution >= 0.6 is 0 Å². The van der Waals surface area contributed by atoms with Gasteiger partial charge in [-0.3, -0.25) is 14.9 Å². The minimum Gasteiger partial charge on any atom is -0.452 e. The van der Waals surface area contributed by atoms with Crippen LogP contribution in [0.3, 0.4) is 0 Å². The second kappa shape index (κ2) is 7.86.